The Morgan fingerprint density at radius 3 is 2.58 bits per heavy atom. The van der Waals surface area contributed by atoms with Gasteiger partial charge in [-0.3, -0.25) is 9.79 Å². The number of nitrogens with two attached hydrogens (primary N) is 2. The molecule has 1 amide bonds. The zero-order valence-corrected chi connectivity index (χ0v) is 22.6. The fraction of sp³-hybridized carbons (Fsp3) is 0.346. The first kappa shape index (κ1) is 28.7. The standard InChI is InChI=1S/C26H32N8O5S/c27-26(28)29-13-5-14-33-17-22(31-32-33)19-11-9-18(10-12-19)16-21(25(36)37)30-24(35)23-8-4-15-34(23)40(38,39)20-6-2-1-3-7-20/h1-3,6-7,9-12,17,21,23H,4-5,8,13-16H2,(H6,27,28,29,30,35,36,37)/p+1/t21-,23-/m0/s1. The summed E-state index contributed by atoms with van der Waals surface area (Å²) in [5, 5.41) is 19.6. The van der Waals surface area contributed by atoms with E-state index in [1.54, 1.807) is 30.3 Å². The molecule has 0 unspecified atom stereocenters. The van der Waals surface area contributed by atoms with Gasteiger partial charge in [0.1, 0.15) is 18.6 Å². The van der Waals surface area contributed by atoms with Crippen LogP contribution in [-0.2, 0) is 32.6 Å². The van der Waals surface area contributed by atoms with E-state index in [2.05, 4.69) is 20.6 Å². The molecule has 4 rings (SSSR count). The molecule has 1 aliphatic heterocycles. The maximum absolute atomic E-state index is 13.1. The van der Waals surface area contributed by atoms with Crippen molar-refractivity contribution in [1.82, 2.24) is 19.9 Å². The van der Waals surface area contributed by atoms with Crippen LogP contribution in [0.1, 0.15) is 24.8 Å². The Kier molecular flexibility index (Phi) is 9.11. The number of aliphatic imine (C=N–C) groups is 1. The predicted octanol–water partition coefficient (Wildman–Crippen LogP) is -0.00710. The number of aromatic amines is 1. The van der Waals surface area contributed by atoms with Crippen LogP contribution in [0.2, 0.25) is 0 Å². The number of aromatic nitrogens is 3. The van der Waals surface area contributed by atoms with Gasteiger partial charge < -0.3 is 21.9 Å². The highest BCUT2D eigenvalue weighted by atomic mass is 32.2. The molecule has 1 saturated heterocycles. The number of guanidine groups is 1. The summed E-state index contributed by atoms with van der Waals surface area (Å²) in [5.74, 6) is -1.78. The van der Waals surface area contributed by atoms with Gasteiger partial charge in [0, 0.05) is 36.6 Å². The molecule has 0 aliphatic carbocycles. The number of nitrogens with one attached hydrogen (secondary N) is 2. The number of benzene rings is 2. The van der Waals surface area contributed by atoms with Crippen LogP contribution in [0, 0.1) is 0 Å². The zero-order chi connectivity index (χ0) is 28.7. The van der Waals surface area contributed by atoms with Crippen molar-refractivity contribution >= 4 is 27.9 Å². The van der Waals surface area contributed by atoms with Crippen molar-refractivity contribution in [1.29, 1.82) is 0 Å². The van der Waals surface area contributed by atoms with E-state index in [0.717, 1.165) is 16.3 Å². The molecule has 0 saturated carbocycles. The van der Waals surface area contributed by atoms with Crippen molar-refractivity contribution in [3.8, 4) is 11.3 Å². The predicted molar refractivity (Wildman–Crippen MR) is 146 cm³/mol. The summed E-state index contributed by atoms with van der Waals surface area (Å²) in [6, 6.07) is 12.9. The van der Waals surface area contributed by atoms with Crippen molar-refractivity contribution in [2.45, 2.75) is 49.2 Å². The minimum atomic E-state index is -3.89. The minimum Gasteiger partial charge on any atom is -0.480 e. The van der Waals surface area contributed by atoms with Crippen molar-refractivity contribution in [2.75, 3.05) is 13.1 Å². The molecule has 0 radical (unpaired) electrons. The fourth-order valence-corrected chi connectivity index (χ4v) is 6.24. The monoisotopic (exact) mass is 569 g/mol. The number of nitrogens with zero attached hydrogens (tertiary/aromatic N) is 4. The van der Waals surface area contributed by atoms with E-state index < -0.39 is 34.0 Å². The van der Waals surface area contributed by atoms with Crippen LogP contribution in [0.4, 0.5) is 0 Å². The van der Waals surface area contributed by atoms with E-state index >= 15 is 0 Å². The molecule has 2 aromatic carbocycles. The van der Waals surface area contributed by atoms with E-state index in [9.17, 15) is 23.1 Å². The lowest BCUT2D eigenvalue weighted by atomic mass is 10.0. The quantitative estimate of drug-likeness (QED) is 0.0867. The van der Waals surface area contributed by atoms with Crippen LogP contribution in [0.5, 0.6) is 0 Å². The summed E-state index contributed by atoms with van der Waals surface area (Å²) >= 11 is 0. The lowest BCUT2D eigenvalue weighted by Gasteiger charge is -2.25. The summed E-state index contributed by atoms with van der Waals surface area (Å²) in [4.78, 5) is 29.1. The third kappa shape index (κ3) is 7.01. The third-order valence-electron chi connectivity index (χ3n) is 6.59. The SMILES string of the molecule is NC(N)=NCCC[n+]1cc(-c2ccc(C[C@H](NC(=O)[C@@H]3CCCN3S(=O)(=O)c3ccccc3)C(=O)O)cc2)n[nH]1. The average molecular weight is 570 g/mol. The molecule has 14 heteroatoms. The van der Waals surface area contributed by atoms with Gasteiger partial charge in [-0.25, -0.2) is 13.2 Å². The molecule has 0 bridgehead atoms. The number of carboxylic acid groups (broad SMARTS) is 1. The molecule has 13 nitrogen and oxygen atoms in total. The molecule has 7 N–H and O–H groups in total. The lowest BCUT2D eigenvalue weighted by Crippen LogP contribution is -2.51. The van der Waals surface area contributed by atoms with Gasteiger partial charge in [0.25, 0.3) is 0 Å². The average Bonchev–Trinajstić information content (AvgIpc) is 3.62. The molecule has 3 aromatic rings. The van der Waals surface area contributed by atoms with Gasteiger partial charge in [-0.15, -0.1) is 0 Å². The fourth-order valence-electron chi connectivity index (χ4n) is 4.56. The molecule has 1 aromatic heterocycles. The van der Waals surface area contributed by atoms with Gasteiger partial charge in [-0.2, -0.15) is 8.99 Å². The van der Waals surface area contributed by atoms with E-state index in [-0.39, 0.29) is 23.8 Å². The topological polar surface area (TPSA) is 201 Å². The maximum Gasteiger partial charge on any atom is 0.326 e. The highest BCUT2D eigenvalue weighted by Gasteiger charge is 2.40. The Morgan fingerprint density at radius 2 is 1.90 bits per heavy atom. The van der Waals surface area contributed by atoms with Crippen LogP contribution in [-0.4, -0.2) is 71.2 Å². The second-order valence-electron chi connectivity index (χ2n) is 9.47. The highest BCUT2D eigenvalue weighted by molar-refractivity contribution is 7.89. The van der Waals surface area contributed by atoms with Gasteiger partial charge in [-0.1, -0.05) is 47.7 Å². The smallest absolute Gasteiger partial charge is 0.326 e. The van der Waals surface area contributed by atoms with Crippen LogP contribution in [0.25, 0.3) is 11.3 Å². The second kappa shape index (κ2) is 12.7. The molecule has 2 heterocycles. The van der Waals surface area contributed by atoms with Crippen molar-refractivity contribution in [3.63, 3.8) is 0 Å². The van der Waals surface area contributed by atoms with Gasteiger partial charge in [0.05, 0.1) is 4.90 Å². The number of hydrogen-bond donors (Lipinski definition) is 5. The lowest BCUT2D eigenvalue weighted by molar-refractivity contribution is -0.753. The van der Waals surface area contributed by atoms with Crippen LogP contribution >= 0.6 is 0 Å². The Balaban J connectivity index is 1.38. The van der Waals surface area contributed by atoms with E-state index in [1.165, 1.54) is 12.1 Å². The molecule has 0 spiro atoms. The van der Waals surface area contributed by atoms with Crippen LogP contribution in [0.15, 0.2) is 70.7 Å². The number of carboxylic acids is 1. The first-order chi connectivity index (χ1) is 19.1. The van der Waals surface area contributed by atoms with Gasteiger partial charge in [0.15, 0.2) is 12.2 Å². The number of aryl methyl sites for hydroxylation is 1. The Labute approximate surface area is 231 Å². The molecule has 212 valence electrons. The number of aliphatic carboxylic acids is 1. The van der Waals surface area contributed by atoms with Crippen molar-refractivity contribution in [3.05, 3.63) is 66.4 Å². The zero-order valence-electron chi connectivity index (χ0n) is 21.8. The summed E-state index contributed by atoms with van der Waals surface area (Å²) in [7, 11) is -3.89. The Bertz CT molecular complexity index is 1450. The third-order valence-corrected chi connectivity index (χ3v) is 8.51. The van der Waals surface area contributed by atoms with Gasteiger partial charge in [-0.05, 0) is 30.5 Å². The number of carbonyl (C=O) groups is 2. The molecule has 1 fully saturated rings. The molecule has 2 atom stereocenters. The minimum absolute atomic E-state index is 0.0326. The molecule has 40 heavy (non-hydrogen) atoms. The van der Waals surface area contributed by atoms with Crippen LogP contribution in [0.3, 0.4) is 0 Å². The van der Waals surface area contributed by atoms with Crippen LogP contribution < -0.4 is 21.5 Å². The maximum atomic E-state index is 13.1. The Hall–Kier alpha value is -4.30. The number of sulfonamides is 1. The Morgan fingerprint density at radius 1 is 1.18 bits per heavy atom. The normalized spacial score (nSPS) is 16.4. The molecular weight excluding hydrogens is 536 g/mol. The van der Waals surface area contributed by atoms with Gasteiger partial charge in [0.2, 0.25) is 21.6 Å². The molecule has 1 aliphatic rings. The van der Waals surface area contributed by atoms with Crippen molar-refractivity contribution < 1.29 is 27.8 Å². The number of rotatable bonds is 12. The number of H-pyrrole nitrogens is 1. The summed E-state index contributed by atoms with van der Waals surface area (Å²) in [6.45, 7) is 1.34. The van der Waals surface area contributed by atoms with E-state index in [1.807, 2.05) is 23.0 Å². The summed E-state index contributed by atoms with van der Waals surface area (Å²) in [6.07, 6.45) is 3.43. The highest BCUT2D eigenvalue weighted by Crippen LogP contribution is 2.26. The van der Waals surface area contributed by atoms with Gasteiger partial charge >= 0.3 is 5.97 Å². The molecular formula is C26H33N8O5S+. The first-order valence-corrected chi connectivity index (χ1v) is 14.3. The summed E-state index contributed by atoms with van der Waals surface area (Å²) in [5.41, 5.74) is 12.9. The largest absolute Gasteiger partial charge is 0.480 e. The summed E-state index contributed by atoms with van der Waals surface area (Å²) < 4.78 is 29.2. The number of hydrogen-bond acceptors (Lipinski definition) is 6. The second-order valence-corrected chi connectivity index (χ2v) is 11.4. The number of carbonyl (C=O) groups excluding carboxylic acids is 1. The van der Waals surface area contributed by atoms with Crippen molar-refractivity contribution in [2.24, 2.45) is 16.5 Å². The van der Waals surface area contributed by atoms with E-state index in [0.29, 0.717) is 37.2 Å². The number of amides is 1. The van der Waals surface area contributed by atoms with E-state index in [4.69, 9.17) is 11.5 Å². The first-order valence-electron chi connectivity index (χ1n) is 12.8.